The van der Waals surface area contributed by atoms with E-state index in [2.05, 4.69) is 36.1 Å². The van der Waals surface area contributed by atoms with Gasteiger partial charge >= 0.3 is 6.03 Å². The van der Waals surface area contributed by atoms with Crippen LogP contribution in [0.5, 0.6) is 0 Å². The zero-order chi connectivity index (χ0) is 16.5. The Kier molecular flexibility index (Phi) is 3.60. The van der Waals surface area contributed by atoms with Crippen LogP contribution in [0, 0.1) is 0 Å². The van der Waals surface area contributed by atoms with Crippen molar-refractivity contribution in [3.63, 3.8) is 0 Å². The van der Waals surface area contributed by atoms with Crippen molar-refractivity contribution in [2.75, 3.05) is 5.32 Å². The zero-order valence-electron chi connectivity index (χ0n) is 13.3. The smallest absolute Gasteiger partial charge is 0.319 e. The Morgan fingerprint density at radius 1 is 1.38 bits per heavy atom. The Hall–Kier alpha value is -2.97. The van der Waals surface area contributed by atoms with Crippen molar-refractivity contribution in [2.45, 2.75) is 38.8 Å². The first-order valence-corrected chi connectivity index (χ1v) is 8.04. The van der Waals surface area contributed by atoms with Gasteiger partial charge in [0, 0.05) is 18.7 Å². The molecule has 0 saturated carbocycles. The van der Waals surface area contributed by atoms with Gasteiger partial charge in [0.1, 0.15) is 16.9 Å². The number of carbonyl (C=O) groups is 1. The minimum absolute atomic E-state index is 0.123. The van der Waals surface area contributed by atoms with Gasteiger partial charge in [0.05, 0.1) is 6.04 Å². The second-order valence-corrected chi connectivity index (χ2v) is 5.78. The topological polar surface area (TPSA) is 113 Å². The maximum Gasteiger partial charge on any atom is 0.319 e. The summed E-state index contributed by atoms with van der Waals surface area (Å²) in [6, 6.07) is 4.98. The lowest BCUT2D eigenvalue weighted by molar-refractivity contribution is 0.244. The molecule has 1 aliphatic heterocycles. The van der Waals surface area contributed by atoms with E-state index >= 15 is 0 Å². The van der Waals surface area contributed by atoms with Crippen LogP contribution >= 0.6 is 0 Å². The van der Waals surface area contributed by atoms with Gasteiger partial charge < -0.3 is 10.6 Å². The molecule has 9 heteroatoms. The monoisotopic (exact) mass is 326 g/mol. The molecule has 2 aromatic heterocycles. The van der Waals surface area contributed by atoms with Crippen LogP contribution in [0.15, 0.2) is 18.2 Å². The summed E-state index contributed by atoms with van der Waals surface area (Å²) in [5, 5.41) is 20.8. The number of rotatable bonds is 3. The van der Waals surface area contributed by atoms with Crippen molar-refractivity contribution in [1.29, 1.82) is 0 Å². The van der Waals surface area contributed by atoms with E-state index in [1.54, 1.807) is 18.2 Å². The van der Waals surface area contributed by atoms with Gasteiger partial charge in [-0.2, -0.15) is 20.5 Å². The average Bonchev–Trinajstić information content (AvgIpc) is 3.20. The van der Waals surface area contributed by atoms with Crippen LogP contribution in [-0.2, 0) is 13.0 Å². The van der Waals surface area contributed by atoms with Crippen LogP contribution in [0.1, 0.15) is 37.5 Å². The van der Waals surface area contributed by atoms with E-state index < -0.39 is 0 Å². The normalized spacial score (nSPS) is 16.8. The van der Waals surface area contributed by atoms with E-state index in [-0.39, 0.29) is 12.1 Å². The average molecular weight is 326 g/mol. The second kappa shape index (κ2) is 5.91. The molecule has 0 bridgehead atoms. The van der Waals surface area contributed by atoms with Crippen LogP contribution in [-0.4, -0.2) is 36.2 Å². The molecule has 3 N–H and O–H groups in total. The Bertz CT molecular complexity index is 883. The predicted molar refractivity (Wildman–Crippen MR) is 87.4 cm³/mol. The molecule has 1 atom stereocenters. The van der Waals surface area contributed by atoms with Crippen molar-refractivity contribution in [1.82, 2.24) is 35.5 Å². The number of benzene rings is 1. The largest absolute Gasteiger partial charge is 0.328 e. The Balaban J connectivity index is 1.47. The summed E-state index contributed by atoms with van der Waals surface area (Å²) in [4.78, 5) is 16.8. The Morgan fingerprint density at radius 2 is 2.25 bits per heavy atom. The number of H-pyrrole nitrogens is 1. The number of nitrogens with zero attached hydrogens (tertiary/aromatic N) is 5. The van der Waals surface area contributed by atoms with Crippen LogP contribution < -0.4 is 10.6 Å². The van der Waals surface area contributed by atoms with Gasteiger partial charge in [0.15, 0.2) is 5.82 Å². The minimum atomic E-state index is -0.266. The van der Waals surface area contributed by atoms with Crippen LogP contribution in [0.2, 0.25) is 0 Å². The maximum absolute atomic E-state index is 12.3. The first-order valence-electron chi connectivity index (χ1n) is 8.04. The molecule has 0 saturated heterocycles. The number of carbonyl (C=O) groups excluding carboxylic acids is 1. The lowest BCUT2D eigenvalue weighted by atomic mass is 10.1. The number of amides is 2. The summed E-state index contributed by atoms with van der Waals surface area (Å²) in [6.07, 6.45) is 2.61. The lowest BCUT2D eigenvalue weighted by Gasteiger charge is -2.23. The molecule has 0 radical (unpaired) electrons. The third-order valence-corrected chi connectivity index (χ3v) is 4.11. The van der Waals surface area contributed by atoms with E-state index in [1.165, 1.54) is 0 Å². The highest BCUT2D eigenvalue weighted by molar-refractivity contribution is 5.91. The maximum atomic E-state index is 12.3. The Labute approximate surface area is 137 Å². The number of aromatic amines is 1. The van der Waals surface area contributed by atoms with Gasteiger partial charge in [-0.3, -0.25) is 0 Å². The van der Waals surface area contributed by atoms with Crippen molar-refractivity contribution in [3.8, 4) is 0 Å². The number of aryl methyl sites for hydroxylation is 2. The molecule has 1 aromatic carbocycles. The molecule has 24 heavy (non-hydrogen) atoms. The third kappa shape index (κ3) is 2.68. The summed E-state index contributed by atoms with van der Waals surface area (Å²) >= 11 is 0. The number of hydrogen-bond donors (Lipinski definition) is 3. The standard InChI is InChI=1S/C15H18N8O/c1-2-13-18-14-11(4-3-7-23(14)21-13)17-15(24)16-9-5-6-10-12(8-9)20-22-19-10/h5-6,8,11H,2-4,7H2,1H3,(H2,16,17,24)(H,19,20,22)/t11-/m1/s1. The molecule has 124 valence electrons. The predicted octanol–water partition coefficient (Wildman–Crippen LogP) is 1.77. The molecule has 0 fully saturated rings. The summed E-state index contributed by atoms with van der Waals surface area (Å²) in [6.45, 7) is 2.88. The molecule has 0 spiro atoms. The van der Waals surface area contributed by atoms with Gasteiger partial charge in [0.2, 0.25) is 0 Å². The van der Waals surface area contributed by atoms with E-state index in [1.807, 2.05) is 11.6 Å². The van der Waals surface area contributed by atoms with Crippen molar-refractivity contribution in [3.05, 3.63) is 29.8 Å². The Morgan fingerprint density at radius 3 is 3.12 bits per heavy atom. The SMILES string of the molecule is CCc1nc2n(n1)CCC[C@H]2NC(=O)Nc1ccc2n[nH]nc2c1. The number of urea groups is 1. The van der Waals surface area contributed by atoms with Crippen LogP contribution in [0.3, 0.4) is 0 Å². The molecule has 9 nitrogen and oxygen atoms in total. The van der Waals surface area contributed by atoms with Gasteiger partial charge in [-0.15, -0.1) is 0 Å². The van der Waals surface area contributed by atoms with Gasteiger partial charge in [-0.05, 0) is 31.0 Å². The van der Waals surface area contributed by atoms with Crippen molar-refractivity contribution in [2.24, 2.45) is 0 Å². The second-order valence-electron chi connectivity index (χ2n) is 5.78. The van der Waals surface area contributed by atoms with Gasteiger partial charge in [-0.25, -0.2) is 14.5 Å². The van der Waals surface area contributed by atoms with Crippen molar-refractivity contribution >= 4 is 22.8 Å². The highest BCUT2D eigenvalue weighted by atomic mass is 16.2. The van der Waals surface area contributed by atoms with Gasteiger partial charge in [-0.1, -0.05) is 6.92 Å². The van der Waals surface area contributed by atoms with Crippen LogP contribution in [0.25, 0.3) is 11.0 Å². The molecule has 1 aliphatic rings. The molecule has 0 aliphatic carbocycles. The summed E-state index contributed by atoms with van der Waals surface area (Å²) in [5.74, 6) is 1.65. The summed E-state index contributed by atoms with van der Waals surface area (Å²) in [7, 11) is 0. The molecule has 3 aromatic rings. The van der Waals surface area contributed by atoms with Crippen LogP contribution in [0.4, 0.5) is 10.5 Å². The first-order chi connectivity index (χ1) is 11.7. The number of hydrogen-bond acceptors (Lipinski definition) is 5. The number of fused-ring (bicyclic) bond motifs is 2. The van der Waals surface area contributed by atoms with Gasteiger partial charge in [0.25, 0.3) is 0 Å². The van der Waals surface area contributed by atoms with E-state index in [4.69, 9.17) is 0 Å². The third-order valence-electron chi connectivity index (χ3n) is 4.11. The highest BCUT2D eigenvalue weighted by Crippen LogP contribution is 2.23. The quantitative estimate of drug-likeness (QED) is 0.679. The number of aromatic nitrogens is 6. The molecule has 0 unspecified atom stereocenters. The minimum Gasteiger partial charge on any atom is -0.328 e. The van der Waals surface area contributed by atoms with E-state index in [0.29, 0.717) is 11.2 Å². The fraction of sp³-hybridized carbons (Fsp3) is 0.400. The first kappa shape index (κ1) is 14.6. The number of nitrogens with one attached hydrogen (secondary N) is 3. The summed E-state index contributed by atoms with van der Waals surface area (Å²) < 4.78 is 1.90. The van der Waals surface area contributed by atoms with Crippen molar-refractivity contribution < 1.29 is 4.79 Å². The molecule has 3 heterocycles. The highest BCUT2D eigenvalue weighted by Gasteiger charge is 2.25. The number of anilines is 1. The molecular formula is C15H18N8O. The molecule has 4 rings (SSSR count). The fourth-order valence-corrected chi connectivity index (χ4v) is 2.93. The lowest BCUT2D eigenvalue weighted by Crippen LogP contribution is -2.36. The molecule has 2 amide bonds. The molecular weight excluding hydrogens is 308 g/mol. The zero-order valence-corrected chi connectivity index (χ0v) is 13.3. The fourth-order valence-electron chi connectivity index (χ4n) is 2.93. The van der Waals surface area contributed by atoms with E-state index in [9.17, 15) is 4.79 Å². The summed E-state index contributed by atoms with van der Waals surface area (Å²) in [5.41, 5.74) is 2.13. The van der Waals surface area contributed by atoms with E-state index in [0.717, 1.165) is 43.0 Å².